The number of halogens is 5. The number of nitrogens with zero attached hydrogens (tertiary/aromatic N) is 2. The zero-order valence-electron chi connectivity index (χ0n) is 15.6. The lowest BCUT2D eigenvalue weighted by molar-refractivity contribution is -0.401. The van der Waals surface area contributed by atoms with Crippen molar-refractivity contribution in [3.63, 3.8) is 0 Å². The Morgan fingerprint density at radius 1 is 1.03 bits per heavy atom. The van der Waals surface area contributed by atoms with E-state index in [9.17, 15) is 17.3 Å². The summed E-state index contributed by atoms with van der Waals surface area (Å²) in [7, 11) is -6.00. The lowest BCUT2D eigenvalue weighted by Gasteiger charge is -2.04. The number of nitrogens with one attached hydrogen (secondary N) is 1. The Morgan fingerprint density at radius 2 is 1.73 bits per heavy atom. The molecule has 0 bridgehead atoms. The zero-order valence-corrected chi connectivity index (χ0v) is 17.2. The van der Waals surface area contributed by atoms with Crippen LogP contribution in [0.1, 0.15) is 11.9 Å². The quantitative estimate of drug-likeness (QED) is 0.357. The molecule has 0 saturated heterocycles. The molecule has 0 radical (unpaired) electrons. The molecule has 0 aliphatic carbocycles. The van der Waals surface area contributed by atoms with E-state index in [0.717, 1.165) is 44.2 Å². The molecule has 4 nitrogen and oxygen atoms in total. The standard InChI is InChI=1S/C19H14ClN3OS.BF4/c1-2-18-22-23-19(25-18)21-15-11-17(12-6-4-3-5-7-12)24-16-9-8-13(20)10-14(15)16;2-1(3,4)5/h3-11H,2H2,1H3;/q;-1/p+1. The molecule has 2 aromatic heterocycles. The summed E-state index contributed by atoms with van der Waals surface area (Å²) in [5.41, 5.74) is 1.77. The molecule has 0 spiro atoms. The van der Waals surface area contributed by atoms with Crippen LogP contribution in [0.4, 0.5) is 22.4 Å². The van der Waals surface area contributed by atoms with Crippen molar-refractivity contribution in [3.8, 4) is 11.3 Å². The lowest BCUT2D eigenvalue weighted by atomic mass is 10.1. The van der Waals surface area contributed by atoms with E-state index in [4.69, 9.17) is 16.0 Å². The van der Waals surface area contributed by atoms with Crippen molar-refractivity contribution in [2.45, 2.75) is 13.3 Å². The van der Waals surface area contributed by atoms with E-state index in [2.05, 4.69) is 22.1 Å². The van der Waals surface area contributed by atoms with Gasteiger partial charge in [-0.05, 0) is 34.6 Å². The molecule has 0 fully saturated rings. The Kier molecular flexibility index (Phi) is 6.89. The van der Waals surface area contributed by atoms with Crippen LogP contribution in [0.25, 0.3) is 22.3 Å². The largest absolute Gasteiger partial charge is 0.673 e. The highest BCUT2D eigenvalue weighted by molar-refractivity contribution is 7.14. The topological polar surface area (TPSA) is 52.9 Å². The second-order valence-corrected chi connectivity index (χ2v) is 7.50. The molecular formula is C19H15BClF4N3OS. The van der Waals surface area contributed by atoms with Crippen LogP contribution in [0.5, 0.6) is 0 Å². The Bertz CT molecular complexity index is 1210. The van der Waals surface area contributed by atoms with Crippen molar-refractivity contribution in [3.05, 3.63) is 70.0 Å². The maximum atomic E-state index is 9.75. The van der Waals surface area contributed by atoms with Crippen molar-refractivity contribution in [2.75, 3.05) is 0 Å². The molecule has 0 unspecified atom stereocenters. The molecule has 0 atom stereocenters. The molecular weight excluding hydrogens is 441 g/mol. The summed E-state index contributed by atoms with van der Waals surface area (Å²) >= 11 is 7.73. The number of aryl methyl sites for hydroxylation is 1. The van der Waals surface area contributed by atoms with E-state index in [0.29, 0.717) is 5.02 Å². The van der Waals surface area contributed by atoms with Crippen molar-refractivity contribution in [2.24, 2.45) is 0 Å². The average molecular weight is 456 g/mol. The Labute approximate surface area is 178 Å². The van der Waals surface area contributed by atoms with Gasteiger partial charge in [-0.3, -0.25) is 0 Å². The van der Waals surface area contributed by atoms with Crippen LogP contribution >= 0.6 is 22.9 Å². The van der Waals surface area contributed by atoms with Crippen molar-refractivity contribution in [1.29, 1.82) is 0 Å². The predicted molar refractivity (Wildman–Crippen MR) is 110 cm³/mol. The van der Waals surface area contributed by atoms with Crippen LogP contribution < -0.4 is 10.3 Å². The smallest absolute Gasteiger partial charge is 0.456 e. The van der Waals surface area contributed by atoms with Gasteiger partial charge in [0.25, 0.3) is 0 Å². The summed E-state index contributed by atoms with van der Waals surface area (Å²) in [5, 5.41) is 12.6. The van der Waals surface area contributed by atoms with Gasteiger partial charge in [0.15, 0.2) is 0 Å². The Balaban J connectivity index is 0.000000461. The highest BCUT2D eigenvalue weighted by atomic mass is 35.5. The van der Waals surface area contributed by atoms with Crippen LogP contribution in [0.2, 0.25) is 5.02 Å². The fourth-order valence-electron chi connectivity index (χ4n) is 2.57. The van der Waals surface area contributed by atoms with Gasteiger partial charge in [0, 0.05) is 23.1 Å². The van der Waals surface area contributed by atoms with Crippen molar-refractivity contribution >= 4 is 46.3 Å². The third-order valence-corrected chi connectivity index (χ3v) is 5.01. The van der Waals surface area contributed by atoms with Crippen LogP contribution in [0, 0.1) is 0 Å². The molecule has 1 N–H and O–H groups in total. The first kappa shape index (κ1) is 22.0. The summed E-state index contributed by atoms with van der Waals surface area (Å²) in [5.74, 6) is 0.776. The van der Waals surface area contributed by atoms with Gasteiger partial charge in [0.1, 0.15) is 21.7 Å². The zero-order chi connectivity index (χ0) is 21.7. The molecule has 2 aromatic carbocycles. The van der Waals surface area contributed by atoms with Crippen LogP contribution in [-0.2, 0) is 6.42 Å². The number of hydrogen-bond donors (Lipinski definition) is 1. The highest BCUT2D eigenvalue weighted by Gasteiger charge is 2.20. The molecule has 156 valence electrons. The molecule has 0 aliphatic rings. The molecule has 0 saturated carbocycles. The fraction of sp³-hybridized carbons (Fsp3) is 0.105. The number of benzene rings is 2. The van der Waals surface area contributed by atoms with Gasteiger partial charge >= 0.3 is 12.4 Å². The van der Waals surface area contributed by atoms with Crippen LogP contribution in [-0.4, -0.2) is 17.5 Å². The SMILES string of the molecule is CCc1nnc([NH+]=c2cc(-c3ccccc3)oc3ccc(Cl)cc23)s1.F[B-](F)(F)F. The summed E-state index contributed by atoms with van der Waals surface area (Å²) in [6, 6.07) is 17.6. The third kappa shape index (κ3) is 6.14. The summed E-state index contributed by atoms with van der Waals surface area (Å²) < 4.78 is 45.1. The molecule has 11 heteroatoms. The van der Waals surface area contributed by atoms with E-state index in [1.54, 1.807) is 11.3 Å². The van der Waals surface area contributed by atoms with E-state index < -0.39 is 7.25 Å². The Hall–Kier alpha value is -2.72. The third-order valence-electron chi connectivity index (χ3n) is 3.80. The minimum atomic E-state index is -6.00. The van der Waals surface area contributed by atoms with Gasteiger partial charge in [0.2, 0.25) is 0 Å². The van der Waals surface area contributed by atoms with E-state index in [-0.39, 0.29) is 0 Å². The fourth-order valence-corrected chi connectivity index (χ4v) is 3.43. The maximum Gasteiger partial charge on any atom is 0.673 e. The molecule has 30 heavy (non-hydrogen) atoms. The summed E-state index contributed by atoms with van der Waals surface area (Å²) in [6.45, 7) is 2.06. The van der Waals surface area contributed by atoms with Crippen LogP contribution in [0.15, 0.2) is 59.0 Å². The summed E-state index contributed by atoms with van der Waals surface area (Å²) in [6.07, 6.45) is 0.866. The minimum absolute atomic E-state index is 0.657. The maximum absolute atomic E-state index is 9.75. The lowest BCUT2D eigenvalue weighted by Crippen LogP contribution is -2.70. The second kappa shape index (κ2) is 9.40. The van der Waals surface area contributed by atoms with Gasteiger partial charge < -0.3 is 21.7 Å². The van der Waals surface area contributed by atoms with Crippen molar-refractivity contribution < 1.29 is 26.7 Å². The number of rotatable bonds is 3. The molecule has 0 amide bonds. The first-order chi connectivity index (χ1) is 14.2. The van der Waals surface area contributed by atoms with Gasteiger partial charge in [-0.15, -0.1) is 0 Å². The molecule has 4 rings (SSSR count). The summed E-state index contributed by atoms with van der Waals surface area (Å²) in [4.78, 5) is 3.37. The average Bonchev–Trinajstić information content (AvgIpc) is 3.15. The van der Waals surface area contributed by atoms with Crippen molar-refractivity contribution in [1.82, 2.24) is 10.2 Å². The Morgan fingerprint density at radius 3 is 2.37 bits per heavy atom. The monoisotopic (exact) mass is 455 g/mol. The normalized spacial score (nSPS) is 12.0. The van der Waals surface area contributed by atoms with Gasteiger partial charge in [-0.25, -0.2) is 4.99 Å². The predicted octanol–water partition coefficient (Wildman–Crippen LogP) is 4.78. The highest BCUT2D eigenvalue weighted by Crippen LogP contribution is 2.23. The number of fused-ring (bicyclic) bond motifs is 1. The van der Waals surface area contributed by atoms with Gasteiger partial charge in [-0.1, -0.05) is 48.9 Å². The van der Waals surface area contributed by atoms with Gasteiger partial charge in [0.05, 0.1) is 10.5 Å². The van der Waals surface area contributed by atoms with Crippen LogP contribution in [0.3, 0.4) is 0 Å². The first-order valence-electron chi connectivity index (χ1n) is 8.81. The molecule has 2 heterocycles. The molecule has 0 aliphatic heterocycles. The van der Waals surface area contributed by atoms with E-state index >= 15 is 0 Å². The second-order valence-electron chi connectivity index (χ2n) is 6.01. The van der Waals surface area contributed by atoms with Gasteiger partial charge in [-0.2, -0.15) is 0 Å². The first-order valence-corrected chi connectivity index (χ1v) is 10.0. The van der Waals surface area contributed by atoms with E-state index in [1.165, 1.54) is 0 Å². The minimum Gasteiger partial charge on any atom is -0.456 e. The number of aromatic nitrogens is 2. The van der Waals surface area contributed by atoms with E-state index in [1.807, 2.05) is 54.6 Å². The molecule has 4 aromatic rings. The number of hydrogen-bond acceptors (Lipinski definition) is 4.